The summed E-state index contributed by atoms with van der Waals surface area (Å²) in [5.41, 5.74) is -1.86. The molecule has 3 aliphatic rings. The van der Waals surface area contributed by atoms with Gasteiger partial charge in [0.25, 0.3) is 5.69 Å². The summed E-state index contributed by atoms with van der Waals surface area (Å²) in [5, 5.41) is 10.8. The molecule has 3 aromatic rings. The molecule has 0 saturated heterocycles. The normalized spacial score (nSPS) is 22.6. The molecule has 11 nitrogen and oxygen atoms in total. The van der Waals surface area contributed by atoms with E-state index in [0.717, 1.165) is 4.57 Å². The molecule has 33 heavy (non-hydrogen) atoms. The lowest BCUT2D eigenvalue weighted by Crippen LogP contribution is -2.54. The van der Waals surface area contributed by atoms with Crippen molar-refractivity contribution in [2.75, 3.05) is 0 Å². The third kappa shape index (κ3) is 3.25. The van der Waals surface area contributed by atoms with Gasteiger partial charge in [-0.05, 0) is 31.2 Å². The molecule has 168 valence electrons. The van der Waals surface area contributed by atoms with Crippen LogP contribution in [0, 0.1) is 10.1 Å². The minimum absolute atomic E-state index is 0.0787. The third-order valence-electron chi connectivity index (χ3n) is 5.92. The molecule has 0 amide bonds. The zero-order chi connectivity index (χ0) is 23.3. The van der Waals surface area contributed by atoms with Crippen molar-refractivity contribution in [2.45, 2.75) is 31.0 Å². The average molecular weight is 450 g/mol. The summed E-state index contributed by atoms with van der Waals surface area (Å²) >= 11 is 0. The smallest absolute Gasteiger partial charge is 0.425 e. The largest absolute Gasteiger partial charge is 0.514 e. The van der Waals surface area contributed by atoms with E-state index >= 15 is 0 Å². The number of fused-ring (bicyclic) bond motifs is 1. The second-order valence-electron chi connectivity index (χ2n) is 8.04. The van der Waals surface area contributed by atoms with Crippen LogP contribution in [0.2, 0.25) is 0 Å². The van der Waals surface area contributed by atoms with E-state index in [1.807, 2.05) is 6.08 Å². The van der Waals surface area contributed by atoms with Crippen molar-refractivity contribution in [3.63, 3.8) is 0 Å². The second kappa shape index (κ2) is 7.33. The molecule has 2 aromatic carbocycles. The highest BCUT2D eigenvalue weighted by atomic mass is 16.7. The van der Waals surface area contributed by atoms with E-state index < -0.39 is 40.1 Å². The number of aromatic nitrogens is 3. The molecule has 0 radical (unpaired) electrons. The number of nitrogens with zero attached hydrogens (tertiary/aromatic N) is 4. The number of carbonyl (C=O) groups excluding carboxylic acids is 1. The Morgan fingerprint density at radius 3 is 2.36 bits per heavy atom. The van der Waals surface area contributed by atoms with Crippen molar-refractivity contribution in [3.05, 3.63) is 97.8 Å². The quantitative estimate of drug-likeness (QED) is 0.197. The van der Waals surface area contributed by atoms with E-state index in [1.54, 1.807) is 43.3 Å². The lowest BCUT2D eigenvalue weighted by atomic mass is 9.82. The molecule has 2 bridgehead atoms. The van der Waals surface area contributed by atoms with E-state index in [2.05, 4.69) is 0 Å². The van der Waals surface area contributed by atoms with Gasteiger partial charge < -0.3 is 9.47 Å². The predicted octanol–water partition coefficient (Wildman–Crippen LogP) is 2.74. The fourth-order valence-corrected chi connectivity index (χ4v) is 4.42. The molecule has 1 aromatic heterocycles. The molecule has 11 heteroatoms. The van der Waals surface area contributed by atoms with Crippen molar-refractivity contribution >= 4 is 11.8 Å². The number of non-ortho nitro benzene ring substituents is 1. The molecule has 6 rings (SSSR count). The molecule has 1 aliphatic carbocycles. The zero-order valence-electron chi connectivity index (χ0n) is 17.4. The van der Waals surface area contributed by atoms with Crippen LogP contribution in [0.4, 0.5) is 10.5 Å². The van der Waals surface area contributed by atoms with Crippen LogP contribution in [0.25, 0.3) is 5.69 Å². The van der Waals surface area contributed by atoms with E-state index in [-0.39, 0.29) is 17.9 Å². The Morgan fingerprint density at radius 2 is 1.70 bits per heavy atom. The van der Waals surface area contributed by atoms with Gasteiger partial charge in [0, 0.05) is 18.6 Å². The fourth-order valence-electron chi connectivity index (χ4n) is 4.42. The van der Waals surface area contributed by atoms with Crippen LogP contribution < -0.4 is 16.1 Å². The van der Waals surface area contributed by atoms with Gasteiger partial charge in [0.1, 0.15) is 17.4 Å². The van der Waals surface area contributed by atoms with Crippen molar-refractivity contribution in [1.82, 2.24) is 13.9 Å². The molecular weight excluding hydrogens is 432 g/mol. The summed E-state index contributed by atoms with van der Waals surface area (Å²) in [4.78, 5) is 49.0. The second-order valence-corrected chi connectivity index (χ2v) is 8.04. The summed E-state index contributed by atoms with van der Waals surface area (Å²) < 4.78 is 14.6. The Bertz CT molecular complexity index is 1400. The van der Waals surface area contributed by atoms with Crippen molar-refractivity contribution in [3.8, 4) is 11.4 Å². The van der Waals surface area contributed by atoms with E-state index in [1.165, 1.54) is 33.6 Å². The monoisotopic (exact) mass is 450 g/mol. The molecule has 3 unspecified atom stereocenters. The summed E-state index contributed by atoms with van der Waals surface area (Å²) in [7, 11) is 0. The summed E-state index contributed by atoms with van der Waals surface area (Å²) in [6.45, 7) is 1.67. The predicted molar refractivity (Wildman–Crippen MR) is 115 cm³/mol. The number of allylic oxidation sites excluding steroid dienone is 1. The Balaban J connectivity index is 1.44. The first-order chi connectivity index (χ1) is 15.8. The minimum Gasteiger partial charge on any atom is -0.425 e. The van der Waals surface area contributed by atoms with Crippen molar-refractivity contribution in [2.24, 2.45) is 0 Å². The van der Waals surface area contributed by atoms with Gasteiger partial charge in [0.15, 0.2) is 0 Å². The summed E-state index contributed by atoms with van der Waals surface area (Å²) in [6, 6.07) is 12.4. The Kier molecular flexibility index (Phi) is 4.55. The van der Waals surface area contributed by atoms with E-state index in [0.29, 0.717) is 5.69 Å². The number of para-hydroxylation sites is 1. The van der Waals surface area contributed by atoms with Crippen LogP contribution in [-0.2, 0) is 4.74 Å². The highest BCUT2D eigenvalue weighted by Crippen LogP contribution is 2.44. The van der Waals surface area contributed by atoms with Crippen molar-refractivity contribution < 1.29 is 19.2 Å². The van der Waals surface area contributed by atoms with Gasteiger partial charge in [-0.3, -0.25) is 10.1 Å². The van der Waals surface area contributed by atoms with Crippen LogP contribution in [0.15, 0.2) is 76.3 Å². The van der Waals surface area contributed by atoms with Gasteiger partial charge in [-0.15, -0.1) is 0 Å². The molecule has 2 aliphatic heterocycles. The van der Waals surface area contributed by atoms with Gasteiger partial charge >= 0.3 is 17.5 Å². The zero-order valence-corrected chi connectivity index (χ0v) is 17.4. The molecular formula is C22H18N4O7. The standard InChI is InChI=1S/C22H18N4O7/c1-22(33-21(29)32-17-10-7-15(8-11-17)26(30)31)13-16-9-12-18(22)25-20(28)23(19(27)24(16)25)14-5-3-2-4-6-14/h2-12,16,18H,13H2,1H3. The molecule has 3 heterocycles. The van der Waals surface area contributed by atoms with Crippen LogP contribution >= 0.6 is 0 Å². The molecule has 0 fully saturated rings. The van der Waals surface area contributed by atoms with Gasteiger partial charge in [0.2, 0.25) is 0 Å². The first-order valence-electron chi connectivity index (χ1n) is 10.1. The molecule has 0 saturated carbocycles. The molecule has 0 spiro atoms. The van der Waals surface area contributed by atoms with Crippen LogP contribution in [-0.4, -0.2) is 30.6 Å². The van der Waals surface area contributed by atoms with Crippen molar-refractivity contribution in [1.29, 1.82) is 0 Å². The number of ether oxygens (including phenoxy) is 2. The number of hydrogen-bond donors (Lipinski definition) is 0. The number of nitro groups is 1. The molecule has 3 atom stereocenters. The van der Waals surface area contributed by atoms with Gasteiger partial charge in [-0.2, -0.15) is 0 Å². The third-order valence-corrected chi connectivity index (χ3v) is 5.92. The first kappa shape index (κ1) is 20.5. The van der Waals surface area contributed by atoms with Crippen LogP contribution in [0.5, 0.6) is 5.75 Å². The number of benzene rings is 2. The Morgan fingerprint density at radius 1 is 1.03 bits per heavy atom. The fraction of sp³-hybridized carbons (Fsp3) is 0.227. The summed E-state index contributed by atoms with van der Waals surface area (Å²) in [5.74, 6) is 0.0787. The highest BCUT2D eigenvalue weighted by molar-refractivity contribution is 5.65. The first-order valence-corrected chi connectivity index (χ1v) is 10.1. The Hall–Kier alpha value is -4.41. The van der Waals surface area contributed by atoms with Crippen LogP contribution in [0.3, 0.4) is 0 Å². The average Bonchev–Trinajstić information content (AvgIpc) is 3.06. The number of nitro benzene ring substituents is 1. The maximum absolute atomic E-state index is 13.2. The number of carbonyl (C=O) groups is 1. The van der Waals surface area contributed by atoms with Gasteiger partial charge in [-0.1, -0.05) is 30.4 Å². The number of rotatable bonds is 4. The molecule has 0 N–H and O–H groups in total. The topological polar surface area (TPSA) is 128 Å². The lowest BCUT2D eigenvalue weighted by molar-refractivity contribution is -0.384. The lowest BCUT2D eigenvalue weighted by Gasteiger charge is -2.45. The maximum atomic E-state index is 13.2. The van der Waals surface area contributed by atoms with Crippen LogP contribution in [0.1, 0.15) is 25.4 Å². The highest BCUT2D eigenvalue weighted by Gasteiger charge is 2.50. The summed E-state index contributed by atoms with van der Waals surface area (Å²) in [6.07, 6.45) is 2.80. The minimum atomic E-state index is -1.16. The SMILES string of the molecule is CC1(OC(=O)Oc2ccc([N+](=O)[O-])cc2)CC2C=CC1n1c(=O)n(-c3ccccc3)c(=O)n12. The van der Waals surface area contributed by atoms with E-state index in [4.69, 9.17) is 9.47 Å². The van der Waals surface area contributed by atoms with Gasteiger partial charge in [0.05, 0.1) is 16.7 Å². The maximum Gasteiger partial charge on any atom is 0.514 e. The Labute approximate surface area is 185 Å². The van der Waals surface area contributed by atoms with Gasteiger partial charge in [-0.25, -0.2) is 28.3 Å². The van der Waals surface area contributed by atoms with E-state index in [9.17, 15) is 24.5 Å². The number of hydrogen-bond acceptors (Lipinski definition) is 7.